The van der Waals surface area contributed by atoms with Crippen molar-refractivity contribution in [2.45, 2.75) is 62.3 Å². The van der Waals surface area contributed by atoms with Crippen LogP contribution in [0.4, 0.5) is 0 Å². The highest BCUT2D eigenvalue weighted by atomic mass is 16.6. The van der Waals surface area contributed by atoms with Crippen LogP contribution in [0.1, 0.15) is 36.5 Å². The lowest BCUT2D eigenvalue weighted by Crippen LogP contribution is -2.74. The van der Waals surface area contributed by atoms with Gasteiger partial charge in [0, 0.05) is 18.0 Å². The SMILES string of the molecule is Cc1ccc2c3c1OC1C(OC(=O)C(C)N)=CCC4(O)C(C2)N(C)CCC314. The molecule has 2 aliphatic carbocycles. The molecule has 1 aromatic carbocycles. The molecule has 5 atom stereocenters. The first-order valence-corrected chi connectivity index (χ1v) is 9.69. The summed E-state index contributed by atoms with van der Waals surface area (Å²) in [6, 6.07) is 3.56. The Labute approximate surface area is 158 Å². The number of hydrogen-bond donors (Lipinski definition) is 2. The van der Waals surface area contributed by atoms with Crippen molar-refractivity contribution >= 4 is 5.97 Å². The van der Waals surface area contributed by atoms with Crippen molar-refractivity contribution in [2.24, 2.45) is 5.73 Å². The highest BCUT2D eigenvalue weighted by molar-refractivity contribution is 5.76. The number of hydrogen-bond acceptors (Lipinski definition) is 6. The molecule has 1 fully saturated rings. The fourth-order valence-electron chi connectivity index (χ4n) is 5.79. The first kappa shape index (κ1) is 17.2. The number of esters is 1. The molecule has 2 aliphatic heterocycles. The molecule has 0 amide bonds. The summed E-state index contributed by atoms with van der Waals surface area (Å²) in [5.74, 6) is 0.872. The van der Waals surface area contributed by atoms with E-state index in [2.05, 4.69) is 24.1 Å². The van der Waals surface area contributed by atoms with Crippen LogP contribution >= 0.6 is 0 Å². The van der Waals surface area contributed by atoms with Crippen LogP contribution in [0, 0.1) is 6.92 Å². The normalized spacial score (nSPS) is 37.1. The van der Waals surface area contributed by atoms with Crippen LogP contribution in [-0.2, 0) is 21.4 Å². The number of nitrogens with zero attached hydrogens (tertiary/aromatic N) is 1. The van der Waals surface area contributed by atoms with Gasteiger partial charge in [0.25, 0.3) is 0 Å². The van der Waals surface area contributed by atoms with Crippen molar-refractivity contribution in [2.75, 3.05) is 13.6 Å². The number of ether oxygens (including phenoxy) is 2. The highest BCUT2D eigenvalue weighted by Crippen LogP contribution is 2.64. The topological polar surface area (TPSA) is 85.0 Å². The van der Waals surface area contributed by atoms with E-state index in [-0.39, 0.29) is 6.04 Å². The Morgan fingerprint density at radius 3 is 3.00 bits per heavy atom. The molecule has 2 bridgehead atoms. The van der Waals surface area contributed by atoms with Gasteiger partial charge in [-0.05, 0) is 57.5 Å². The Bertz CT molecular complexity index is 879. The van der Waals surface area contributed by atoms with Gasteiger partial charge in [-0.3, -0.25) is 0 Å². The first-order valence-electron chi connectivity index (χ1n) is 9.69. The van der Waals surface area contributed by atoms with Gasteiger partial charge in [-0.15, -0.1) is 0 Å². The quantitative estimate of drug-likeness (QED) is 0.760. The number of aryl methyl sites for hydroxylation is 1. The lowest BCUT2D eigenvalue weighted by molar-refractivity contribution is -0.169. The minimum atomic E-state index is -0.944. The lowest BCUT2D eigenvalue weighted by Gasteiger charge is -2.61. The fraction of sp³-hybridized carbons (Fsp3) is 0.571. The minimum absolute atomic E-state index is 0.0143. The summed E-state index contributed by atoms with van der Waals surface area (Å²) in [5.41, 5.74) is 7.59. The molecule has 144 valence electrons. The number of aliphatic hydroxyl groups is 1. The third-order valence-corrected chi connectivity index (χ3v) is 7.16. The van der Waals surface area contributed by atoms with Crippen molar-refractivity contribution in [1.29, 1.82) is 0 Å². The molecule has 1 saturated heterocycles. The zero-order valence-corrected chi connectivity index (χ0v) is 16.0. The predicted molar refractivity (Wildman–Crippen MR) is 99.4 cm³/mol. The molecule has 6 heteroatoms. The van der Waals surface area contributed by atoms with Crippen LogP contribution in [-0.4, -0.2) is 53.4 Å². The average molecular weight is 370 g/mol. The molecule has 0 saturated carbocycles. The summed E-state index contributed by atoms with van der Waals surface area (Å²) < 4.78 is 12.1. The van der Waals surface area contributed by atoms with Gasteiger partial charge < -0.3 is 25.2 Å². The van der Waals surface area contributed by atoms with Crippen LogP contribution in [0.5, 0.6) is 5.75 Å². The number of benzene rings is 1. The van der Waals surface area contributed by atoms with E-state index in [1.165, 1.54) is 5.56 Å². The molecule has 0 radical (unpaired) electrons. The van der Waals surface area contributed by atoms with Crippen LogP contribution in [0.15, 0.2) is 24.0 Å². The van der Waals surface area contributed by atoms with Crippen molar-refractivity contribution in [3.8, 4) is 5.75 Å². The van der Waals surface area contributed by atoms with Crippen molar-refractivity contribution in [3.63, 3.8) is 0 Å². The second-order valence-corrected chi connectivity index (χ2v) is 8.61. The third kappa shape index (κ3) is 1.93. The van der Waals surface area contributed by atoms with Gasteiger partial charge in [0.2, 0.25) is 0 Å². The second kappa shape index (κ2) is 5.34. The number of carbonyl (C=O) groups is 1. The van der Waals surface area contributed by atoms with Gasteiger partial charge in [0.05, 0.1) is 11.0 Å². The van der Waals surface area contributed by atoms with Crippen LogP contribution in [0.3, 0.4) is 0 Å². The molecule has 4 aliphatic rings. The van der Waals surface area contributed by atoms with Gasteiger partial charge in [0.15, 0.2) is 6.10 Å². The van der Waals surface area contributed by atoms with Crippen molar-refractivity contribution < 1.29 is 19.4 Å². The second-order valence-electron chi connectivity index (χ2n) is 8.61. The third-order valence-electron chi connectivity index (χ3n) is 7.16. The van der Waals surface area contributed by atoms with E-state index in [1.807, 2.05) is 13.0 Å². The number of piperidine rings is 1. The fourth-order valence-corrected chi connectivity index (χ4v) is 5.79. The number of carbonyl (C=O) groups excluding carboxylic acids is 1. The van der Waals surface area contributed by atoms with E-state index < -0.39 is 29.1 Å². The first-order chi connectivity index (χ1) is 12.8. The molecule has 5 rings (SSSR count). The van der Waals surface area contributed by atoms with Gasteiger partial charge in [-0.1, -0.05) is 12.1 Å². The van der Waals surface area contributed by atoms with Gasteiger partial charge >= 0.3 is 5.97 Å². The standard InChI is InChI=1S/C21H26N2O4/c1-11-4-5-13-10-15-21(25)7-6-14(26-19(24)12(2)22)18-20(21,8-9-23(15)3)16(13)17(11)27-18/h4-6,12,15,18,25H,7-10,22H2,1-3H3. The average Bonchev–Trinajstić information content (AvgIpc) is 2.98. The maximum absolute atomic E-state index is 12.2. The van der Waals surface area contributed by atoms with Crippen LogP contribution in [0.2, 0.25) is 0 Å². The van der Waals surface area contributed by atoms with Crippen molar-refractivity contribution in [1.82, 2.24) is 4.90 Å². The molecule has 1 spiro atoms. The highest BCUT2D eigenvalue weighted by Gasteiger charge is 2.71. The minimum Gasteiger partial charge on any atom is -0.481 e. The van der Waals surface area contributed by atoms with Crippen LogP contribution in [0.25, 0.3) is 0 Å². The Hall–Kier alpha value is -1.89. The zero-order valence-electron chi connectivity index (χ0n) is 16.0. The Balaban J connectivity index is 1.72. The number of likely N-dealkylation sites (tertiary alicyclic amines) is 1. The summed E-state index contributed by atoms with van der Waals surface area (Å²) in [6.45, 7) is 4.51. The van der Waals surface area contributed by atoms with E-state index in [0.29, 0.717) is 12.2 Å². The molecule has 27 heavy (non-hydrogen) atoms. The zero-order chi connectivity index (χ0) is 19.1. The summed E-state index contributed by atoms with van der Waals surface area (Å²) in [7, 11) is 2.08. The summed E-state index contributed by atoms with van der Waals surface area (Å²) in [5, 5.41) is 12.0. The van der Waals surface area contributed by atoms with Gasteiger partial charge in [-0.2, -0.15) is 0 Å². The lowest BCUT2D eigenvalue weighted by atomic mass is 9.50. The van der Waals surface area contributed by atoms with E-state index in [9.17, 15) is 9.90 Å². The molecule has 5 unspecified atom stereocenters. The van der Waals surface area contributed by atoms with E-state index in [1.54, 1.807) is 6.92 Å². The summed E-state index contributed by atoms with van der Waals surface area (Å²) >= 11 is 0. The molecular formula is C21H26N2O4. The Kier molecular flexibility index (Phi) is 3.41. The maximum Gasteiger partial charge on any atom is 0.327 e. The molecule has 1 aromatic rings. The molecule has 2 heterocycles. The van der Waals surface area contributed by atoms with E-state index in [4.69, 9.17) is 15.2 Å². The Morgan fingerprint density at radius 2 is 2.26 bits per heavy atom. The molecule has 0 aromatic heterocycles. The smallest absolute Gasteiger partial charge is 0.327 e. The van der Waals surface area contributed by atoms with E-state index >= 15 is 0 Å². The monoisotopic (exact) mass is 370 g/mol. The van der Waals surface area contributed by atoms with Gasteiger partial charge in [-0.25, -0.2) is 4.79 Å². The molecule has 3 N–H and O–H groups in total. The predicted octanol–water partition coefficient (Wildman–Crippen LogP) is 1.16. The summed E-state index contributed by atoms with van der Waals surface area (Å²) in [6.07, 6.45) is 3.34. The van der Waals surface area contributed by atoms with E-state index in [0.717, 1.165) is 36.3 Å². The van der Waals surface area contributed by atoms with Crippen LogP contribution < -0.4 is 10.5 Å². The summed E-state index contributed by atoms with van der Waals surface area (Å²) in [4.78, 5) is 14.5. The number of likely N-dealkylation sites (N-methyl/N-ethyl adjacent to an activating group) is 1. The maximum atomic E-state index is 12.2. The number of rotatable bonds is 2. The largest absolute Gasteiger partial charge is 0.481 e. The van der Waals surface area contributed by atoms with Gasteiger partial charge in [0.1, 0.15) is 17.6 Å². The Morgan fingerprint density at radius 1 is 1.48 bits per heavy atom. The molecule has 6 nitrogen and oxygen atoms in total. The molecular weight excluding hydrogens is 344 g/mol. The number of nitrogens with two attached hydrogens (primary N) is 1. The van der Waals surface area contributed by atoms with Crippen molar-refractivity contribution in [3.05, 3.63) is 40.7 Å².